The lowest BCUT2D eigenvalue weighted by atomic mass is 9.99. The molecule has 3 fully saturated rings. The van der Waals surface area contributed by atoms with Gasteiger partial charge in [0.1, 0.15) is 0 Å². The summed E-state index contributed by atoms with van der Waals surface area (Å²) in [6, 6.07) is 1.31. The molecule has 2 unspecified atom stereocenters. The highest BCUT2D eigenvalue weighted by Gasteiger charge is 2.36. The van der Waals surface area contributed by atoms with Gasteiger partial charge in [-0.15, -0.1) is 0 Å². The predicted octanol–water partition coefficient (Wildman–Crippen LogP) is 0.932. The van der Waals surface area contributed by atoms with Crippen LogP contribution in [0.3, 0.4) is 0 Å². The minimum atomic E-state index is 0.558. The molecule has 0 radical (unpaired) electrons. The van der Waals surface area contributed by atoms with Crippen molar-refractivity contribution in [3.05, 3.63) is 0 Å². The van der Waals surface area contributed by atoms with E-state index in [1.165, 1.54) is 25.7 Å². The van der Waals surface area contributed by atoms with Gasteiger partial charge in [0.2, 0.25) is 0 Å². The zero-order valence-electron chi connectivity index (χ0n) is 8.58. The van der Waals surface area contributed by atoms with Crippen LogP contribution in [0.15, 0.2) is 0 Å². The maximum atomic E-state index is 5.79. The fourth-order valence-electron chi connectivity index (χ4n) is 2.44. The van der Waals surface area contributed by atoms with Crippen LogP contribution in [0.4, 0.5) is 0 Å². The molecular weight excluding hydrogens is 178 g/mol. The first-order chi connectivity index (χ1) is 6.92. The molecule has 2 atom stereocenters. The van der Waals surface area contributed by atoms with E-state index in [1.54, 1.807) is 0 Å². The van der Waals surface area contributed by atoms with E-state index in [-0.39, 0.29) is 0 Å². The summed E-state index contributed by atoms with van der Waals surface area (Å²) in [6.07, 6.45) is 5.75. The highest BCUT2D eigenvalue weighted by atomic mass is 16.5. The van der Waals surface area contributed by atoms with Crippen LogP contribution in [-0.4, -0.2) is 38.0 Å². The second kappa shape index (κ2) is 3.80. The van der Waals surface area contributed by atoms with E-state index >= 15 is 0 Å². The first kappa shape index (κ1) is 9.13. The van der Waals surface area contributed by atoms with Crippen molar-refractivity contribution in [3.63, 3.8) is 0 Å². The Morgan fingerprint density at radius 2 is 1.86 bits per heavy atom. The minimum absolute atomic E-state index is 0.558. The molecule has 2 aliphatic heterocycles. The molecule has 1 saturated carbocycles. The summed E-state index contributed by atoms with van der Waals surface area (Å²) >= 11 is 0. The second-order valence-corrected chi connectivity index (χ2v) is 4.87. The third kappa shape index (κ3) is 1.95. The molecule has 0 bridgehead atoms. The highest BCUT2D eigenvalue weighted by Crippen LogP contribution is 2.38. The van der Waals surface area contributed by atoms with Gasteiger partial charge >= 0.3 is 0 Å². The highest BCUT2D eigenvalue weighted by molar-refractivity contribution is 4.89. The van der Waals surface area contributed by atoms with Gasteiger partial charge in [0, 0.05) is 12.6 Å². The summed E-state index contributed by atoms with van der Waals surface area (Å²) in [5.74, 6) is 0.886. The van der Waals surface area contributed by atoms with Gasteiger partial charge in [0.25, 0.3) is 0 Å². The largest absolute Gasteiger partial charge is 0.378 e. The van der Waals surface area contributed by atoms with Gasteiger partial charge < -0.3 is 14.8 Å². The van der Waals surface area contributed by atoms with Crippen LogP contribution >= 0.6 is 0 Å². The Balaban J connectivity index is 1.47. The van der Waals surface area contributed by atoms with E-state index < -0.39 is 0 Å². The zero-order valence-corrected chi connectivity index (χ0v) is 8.58. The SMILES string of the molecule is C1CC(NC2COC2)CC(C2CC2)O1. The second-order valence-electron chi connectivity index (χ2n) is 4.87. The van der Waals surface area contributed by atoms with Crippen molar-refractivity contribution in [1.82, 2.24) is 5.32 Å². The average Bonchev–Trinajstić information content (AvgIpc) is 2.95. The van der Waals surface area contributed by atoms with Crippen LogP contribution in [0.25, 0.3) is 0 Å². The normalized spacial score (nSPS) is 39.4. The third-order valence-corrected chi connectivity index (χ3v) is 3.57. The standard InChI is InChI=1S/C11H19NO2/c1-2-8(1)11-5-9(3-4-14-11)12-10-6-13-7-10/h8-12H,1-7H2. The van der Waals surface area contributed by atoms with Crippen LogP contribution in [0.2, 0.25) is 0 Å². The maximum Gasteiger partial charge on any atom is 0.0643 e. The Morgan fingerprint density at radius 3 is 2.50 bits per heavy atom. The van der Waals surface area contributed by atoms with Gasteiger partial charge in [-0.2, -0.15) is 0 Å². The maximum absolute atomic E-state index is 5.79. The molecule has 0 aromatic carbocycles. The monoisotopic (exact) mass is 197 g/mol. The first-order valence-corrected chi connectivity index (χ1v) is 5.87. The molecule has 80 valence electrons. The molecule has 1 aliphatic carbocycles. The summed E-state index contributed by atoms with van der Waals surface area (Å²) < 4.78 is 11.0. The van der Waals surface area contributed by atoms with E-state index in [1.807, 2.05) is 0 Å². The minimum Gasteiger partial charge on any atom is -0.378 e. The number of hydrogen-bond donors (Lipinski definition) is 1. The summed E-state index contributed by atoms with van der Waals surface area (Å²) in [5.41, 5.74) is 0. The van der Waals surface area contributed by atoms with Crippen LogP contribution in [-0.2, 0) is 9.47 Å². The summed E-state index contributed by atoms with van der Waals surface area (Å²) in [7, 11) is 0. The van der Waals surface area contributed by atoms with Crippen molar-refractivity contribution in [2.75, 3.05) is 19.8 Å². The lowest BCUT2D eigenvalue weighted by molar-refractivity contribution is -0.0407. The van der Waals surface area contributed by atoms with E-state index in [4.69, 9.17) is 9.47 Å². The molecule has 1 N–H and O–H groups in total. The molecule has 0 aromatic heterocycles. The average molecular weight is 197 g/mol. The van der Waals surface area contributed by atoms with Crippen molar-refractivity contribution in [1.29, 1.82) is 0 Å². The van der Waals surface area contributed by atoms with E-state index in [0.717, 1.165) is 25.7 Å². The lowest BCUT2D eigenvalue weighted by Crippen LogP contribution is -2.52. The molecule has 0 amide bonds. The van der Waals surface area contributed by atoms with Gasteiger partial charge in [-0.05, 0) is 31.6 Å². The van der Waals surface area contributed by atoms with E-state index in [9.17, 15) is 0 Å². The van der Waals surface area contributed by atoms with Gasteiger partial charge in [-0.3, -0.25) is 0 Å². The molecule has 0 aromatic rings. The predicted molar refractivity (Wildman–Crippen MR) is 53.2 cm³/mol. The van der Waals surface area contributed by atoms with Gasteiger partial charge in [-0.25, -0.2) is 0 Å². The van der Waals surface area contributed by atoms with Crippen LogP contribution in [0.5, 0.6) is 0 Å². The van der Waals surface area contributed by atoms with Crippen LogP contribution in [0.1, 0.15) is 25.7 Å². The summed E-state index contributed by atoms with van der Waals surface area (Å²) in [6.45, 7) is 2.77. The number of rotatable bonds is 3. The fraction of sp³-hybridized carbons (Fsp3) is 1.00. The zero-order chi connectivity index (χ0) is 9.38. The topological polar surface area (TPSA) is 30.5 Å². The van der Waals surface area contributed by atoms with Crippen molar-refractivity contribution >= 4 is 0 Å². The third-order valence-electron chi connectivity index (χ3n) is 3.57. The van der Waals surface area contributed by atoms with Crippen molar-refractivity contribution in [2.24, 2.45) is 5.92 Å². The first-order valence-electron chi connectivity index (χ1n) is 5.87. The fourth-order valence-corrected chi connectivity index (χ4v) is 2.44. The Kier molecular flexibility index (Phi) is 2.48. The van der Waals surface area contributed by atoms with Crippen molar-refractivity contribution < 1.29 is 9.47 Å². The summed E-state index contributed by atoms with van der Waals surface area (Å²) in [5, 5.41) is 3.66. The Bertz CT molecular complexity index is 201. The molecule has 3 heteroatoms. The van der Waals surface area contributed by atoms with Crippen molar-refractivity contribution in [2.45, 2.75) is 43.9 Å². The number of nitrogens with one attached hydrogen (secondary N) is 1. The molecule has 2 heterocycles. The molecule has 3 rings (SSSR count). The van der Waals surface area contributed by atoms with Gasteiger partial charge in [0.05, 0.1) is 25.4 Å². The summed E-state index contributed by atoms with van der Waals surface area (Å²) in [4.78, 5) is 0. The van der Waals surface area contributed by atoms with Gasteiger partial charge in [0.15, 0.2) is 0 Å². The molecular formula is C11H19NO2. The smallest absolute Gasteiger partial charge is 0.0643 e. The molecule has 3 nitrogen and oxygen atoms in total. The Hall–Kier alpha value is -0.120. The quantitative estimate of drug-likeness (QED) is 0.730. The molecule has 0 spiro atoms. The molecule has 3 aliphatic rings. The van der Waals surface area contributed by atoms with Crippen molar-refractivity contribution in [3.8, 4) is 0 Å². The van der Waals surface area contributed by atoms with E-state index in [0.29, 0.717) is 18.2 Å². The molecule has 2 saturated heterocycles. The van der Waals surface area contributed by atoms with Crippen LogP contribution < -0.4 is 5.32 Å². The number of ether oxygens (including phenoxy) is 2. The lowest BCUT2D eigenvalue weighted by Gasteiger charge is -2.36. The van der Waals surface area contributed by atoms with Gasteiger partial charge in [-0.1, -0.05) is 0 Å². The van der Waals surface area contributed by atoms with Crippen LogP contribution in [0, 0.1) is 5.92 Å². The van der Waals surface area contributed by atoms with E-state index in [2.05, 4.69) is 5.32 Å². The Labute approximate surface area is 85.1 Å². The molecule has 14 heavy (non-hydrogen) atoms. The Morgan fingerprint density at radius 1 is 1.00 bits per heavy atom. The number of hydrogen-bond acceptors (Lipinski definition) is 3.